The van der Waals surface area contributed by atoms with E-state index in [0.29, 0.717) is 0 Å². The van der Waals surface area contributed by atoms with Gasteiger partial charge in [-0.05, 0) is 53.0 Å². The quantitative estimate of drug-likeness (QED) is 0.735. The molecule has 1 N–H and O–H groups in total. The van der Waals surface area contributed by atoms with Crippen molar-refractivity contribution in [3.63, 3.8) is 0 Å². The molecule has 1 atom stereocenters. The summed E-state index contributed by atoms with van der Waals surface area (Å²) < 4.78 is 13.5. The summed E-state index contributed by atoms with van der Waals surface area (Å²) >= 11 is 0. The van der Waals surface area contributed by atoms with Gasteiger partial charge in [-0.3, -0.25) is 0 Å². The lowest BCUT2D eigenvalue weighted by atomic mass is 10.1. The van der Waals surface area contributed by atoms with Crippen LogP contribution in [-0.2, 0) is 0 Å². The van der Waals surface area contributed by atoms with E-state index in [1.807, 2.05) is 19.1 Å². The standard InChI is InChI=1S/C14H23FN2/c1-12(13-8-4-5-9-14(13)15)16-10-6-7-11-17(2)3/h4-5,8-9,12,16H,6-7,10-11H2,1-3H3. The maximum atomic E-state index is 13.5. The smallest absolute Gasteiger partial charge is 0.127 e. The molecular weight excluding hydrogens is 215 g/mol. The molecule has 0 spiro atoms. The number of benzene rings is 1. The predicted octanol–water partition coefficient (Wildman–Crippen LogP) is 2.82. The van der Waals surface area contributed by atoms with Gasteiger partial charge in [-0.15, -0.1) is 0 Å². The molecule has 0 saturated heterocycles. The van der Waals surface area contributed by atoms with Crippen LogP contribution < -0.4 is 5.32 Å². The number of hydrogen-bond donors (Lipinski definition) is 1. The first-order valence-corrected chi connectivity index (χ1v) is 6.24. The first-order valence-electron chi connectivity index (χ1n) is 6.24. The van der Waals surface area contributed by atoms with Gasteiger partial charge in [0, 0.05) is 11.6 Å². The Hall–Kier alpha value is -0.930. The second-order valence-corrected chi connectivity index (χ2v) is 4.71. The normalized spacial score (nSPS) is 13.0. The summed E-state index contributed by atoms with van der Waals surface area (Å²) in [6.45, 7) is 4.05. The van der Waals surface area contributed by atoms with Crippen molar-refractivity contribution < 1.29 is 4.39 Å². The summed E-state index contributed by atoms with van der Waals surface area (Å²) in [5, 5.41) is 3.35. The van der Waals surface area contributed by atoms with E-state index in [0.717, 1.165) is 25.1 Å². The van der Waals surface area contributed by atoms with Gasteiger partial charge in [-0.25, -0.2) is 4.39 Å². The Kier molecular flexibility index (Phi) is 6.16. The maximum Gasteiger partial charge on any atom is 0.127 e. The van der Waals surface area contributed by atoms with Crippen LogP contribution in [0, 0.1) is 5.82 Å². The number of nitrogens with one attached hydrogen (secondary N) is 1. The van der Waals surface area contributed by atoms with Crippen LogP contribution in [-0.4, -0.2) is 32.1 Å². The molecule has 3 heteroatoms. The highest BCUT2D eigenvalue weighted by Crippen LogP contribution is 2.15. The highest BCUT2D eigenvalue weighted by molar-refractivity contribution is 5.20. The zero-order valence-corrected chi connectivity index (χ0v) is 11.0. The molecular formula is C14H23FN2. The second-order valence-electron chi connectivity index (χ2n) is 4.71. The van der Waals surface area contributed by atoms with Gasteiger partial charge in [0.05, 0.1) is 0 Å². The van der Waals surface area contributed by atoms with E-state index in [2.05, 4.69) is 24.3 Å². The average molecular weight is 238 g/mol. The third-order valence-electron chi connectivity index (χ3n) is 2.85. The van der Waals surface area contributed by atoms with Crippen LogP contribution in [0.4, 0.5) is 4.39 Å². The van der Waals surface area contributed by atoms with Crippen molar-refractivity contribution in [2.75, 3.05) is 27.2 Å². The summed E-state index contributed by atoms with van der Waals surface area (Å²) in [4.78, 5) is 2.18. The highest BCUT2D eigenvalue weighted by atomic mass is 19.1. The fraction of sp³-hybridized carbons (Fsp3) is 0.571. The second kappa shape index (κ2) is 7.41. The Morgan fingerprint density at radius 2 is 1.94 bits per heavy atom. The molecule has 96 valence electrons. The van der Waals surface area contributed by atoms with Crippen molar-refractivity contribution in [2.45, 2.75) is 25.8 Å². The lowest BCUT2D eigenvalue weighted by Crippen LogP contribution is -2.22. The lowest BCUT2D eigenvalue weighted by molar-refractivity contribution is 0.388. The van der Waals surface area contributed by atoms with Crippen molar-refractivity contribution in [1.29, 1.82) is 0 Å². The number of halogens is 1. The third kappa shape index (κ3) is 5.29. The minimum absolute atomic E-state index is 0.0792. The number of nitrogens with zero attached hydrogens (tertiary/aromatic N) is 1. The Balaban J connectivity index is 2.26. The van der Waals surface area contributed by atoms with Gasteiger partial charge in [0.25, 0.3) is 0 Å². The van der Waals surface area contributed by atoms with Crippen LogP contribution in [0.1, 0.15) is 31.4 Å². The number of unbranched alkanes of at least 4 members (excludes halogenated alkanes) is 1. The van der Waals surface area contributed by atoms with Crippen LogP contribution in [0.15, 0.2) is 24.3 Å². The van der Waals surface area contributed by atoms with Crippen molar-refractivity contribution in [3.05, 3.63) is 35.6 Å². The van der Waals surface area contributed by atoms with Crippen LogP contribution >= 0.6 is 0 Å². The van der Waals surface area contributed by atoms with E-state index in [1.165, 1.54) is 12.5 Å². The molecule has 1 unspecified atom stereocenters. The molecule has 0 aliphatic rings. The molecule has 1 aromatic rings. The summed E-state index contributed by atoms with van der Waals surface area (Å²) in [6, 6.07) is 7.04. The number of hydrogen-bond acceptors (Lipinski definition) is 2. The average Bonchev–Trinajstić information content (AvgIpc) is 2.28. The molecule has 0 saturated carbocycles. The molecule has 1 aromatic carbocycles. The van der Waals surface area contributed by atoms with Crippen LogP contribution in [0.3, 0.4) is 0 Å². The van der Waals surface area contributed by atoms with Crippen LogP contribution in [0.2, 0.25) is 0 Å². The summed E-state index contributed by atoms with van der Waals surface area (Å²) in [7, 11) is 4.16. The van der Waals surface area contributed by atoms with Crippen LogP contribution in [0.5, 0.6) is 0 Å². The zero-order valence-electron chi connectivity index (χ0n) is 11.0. The van der Waals surface area contributed by atoms with Crippen molar-refractivity contribution in [3.8, 4) is 0 Å². The van der Waals surface area contributed by atoms with Crippen molar-refractivity contribution in [1.82, 2.24) is 10.2 Å². The molecule has 0 heterocycles. The predicted molar refractivity (Wildman–Crippen MR) is 70.6 cm³/mol. The van der Waals surface area contributed by atoms with Crippen LogP contribution in [0.25, 0.3) is 0 Å². The molecule has 0 aliphatic heterocycles. The SMILES string of the molecule is CC(NCCCCN(C)C)c1ccccc1F. The number of rotatable bonds is 7. The van der Waals surface area contributed by atoms with E-state index in [-0.39, 0.29) is 11.9 Å². The van der Waals surface area contributed by atoms with E-state index in [1.54, 1.807) is 6.07 Å². The first-order chi connectivity index (χ1) is 8.11. The van der Waals surface area contributed by atoms with E-state index in [4.69, 9.17) is 0 Å². The van der Waals surface area contributed by atoms with E-state index < -0.39 is 0 Å². The van der Waals surface area contributed by atoms with Gasteiger partial charge in [-0.1, -0.05) is 18.2 Å². The highest BCUT2D eigenvalue weighted by Gasteiger charge is 2.08. The summed E-state index contributed by atoms with van der Waals surface area (Å²) in [5.41, 5.74) is 0.750. The summed E-state index contributed by atoms with van der Waals surface area (Å²) in [6.07, 6.45) is 2.29. The molecule has 0 aliphatic carbocycles. The van der Waals surface area contributed by atoms with Crippen molar-refractivity contribution >= 4 is 0 Å². The zero-order chi connectivity index (χ0) is 12.7. The minimum atomic E-state index is -0.124. The monoisotopic (exact) mass is 238 g/mol. The Morgan fingerprint density at radius 3 is 2.59 bits per heavy atom. The van der Waals surface area contributed by atoms with Gasteiger partial charge < -0.3 is 10.2 Å². The fourth-order valence-electron chi connectivity index (χ4n) is 1.81. The van der Waals surface area contributed by atoms with Gasteiger partial charge in [0.2, 0.25) is 0 Å². The molecule has 0 amide bonds. The van der Waals surface area contributed by atoms with Gasteiger partial charge in [0.1, 0.15) is 5.82 Å². The van der Waals surface area contributed by atoms with Gasteiger partial charge >= 0.3 is 0 Å². The molecule has 17 heavy (non-hydrogen) atoms. The molecule has 0 aromatic heterocycles. The Bertz CT molecular complexity index is 326. The van der Waals surface area contributed by atoms with Gasteiger partial charge in [-0.2, -0.15) is 0 Å². The fourth-order valence-corrected chi connectivity index (χ4v) is 1.81. The lowest BCUT2D eigenvalue weighted by Gasteiger charge is -2.15. The molecule has 0 fully saturated rings. The minimum Gasteiger partial charge on any atom is -0.310 e. The first kappa shape index (κ1) is 14.1. The molecule has 2 nitrogen and oxygen atoms in total. The Morgan fingerprint density at radius 1 is 1.24 bits per heavy atom. The topological polar surface area (TPSA) is 15.3 Å². The maximum absolute atomic E-state index is 13.5. The largest absolute Gasteiger partial charge is 0.310 e. The Labute approximate surface area is 104 Å². The van der Waals surface area contributed by atoms with E-state index in [9.17, 15) is 4.39 Å². The molecule has 1 rings (SSSR count). The third-order valence-corrected chi connectivity index (χ3v) is 2.85. The van der Waals surface area contributed by atoms with Crippen molar-refractivity contribution in [2.24, 2.45) is 0 Å². The van der Waals surface area contributed by atoms with E-state index >= 15 is 0 Å². The molecule has 0 radical (unpaired) electrons. The summed E-state index contributed by atoms with van der Waals surface area (Å²) in [5.74, 6) is -0.124. The molecule has 0 bridgehead atoms. The van der Waals surface area contributed by atoms with Gasteiger partial charge in [0.15, 0.2) is 0 Å².